The van der Waals surface area contributed by atoms with Crippen molar-refractivity contribution in [3.63, 3.8) is 0 Å². The average molecular weight is 188 g/mol. The first-order valence-electron chi connectivity index (χ1n) is 5.00. The summed E-state index contributed by atoms with van der Waals surface area (Å²) < 4.78 is 0. The number of benzene rings is 1. The zero-order valence-corrected chi connectivity index (χ0v) is 8.72. The number of nitrogens with one attached hydrogen (secondary N) is 1. The Balaban J connectivity index is 2.66. The van der Waals surface area contributed by atoms with E-state index in [1.54, 1.807) is 0 Å². The predicted molar refractivity (Wildman–Crippen MR) is 60.5 cm³/mol. The van der Waals surface area contributed by atoms with Crippen molar-refractivity contribution >= 4 is 10.9 Å². The molecule has 0 aliphatic carbocycles. The van der Waals surface area contributed by atoms with Crippen LogP contribution < -0.4 is 5.73 Å². The minimum absolute atomic E-state index is 0.710. The van der Waals surface area contributed by atoms with Gasteiger partial charge in [0.1, 0.15) is 0 Å². The van der Waals surface area contributed by atoms with Crippen LogP contribution in [0.2, 0.25) is 0 Å². The lowest BCUT2D eigenvalue weighted by Crippen LogP contribution is -2.03. The first-order valence-corrected chi connectivity index (χ1v) is 5.00. The van der Waals surface area contributed by atoms with Crippen molar-refractivity contribution in [2.45, 2.75) is 20.3 Å². The van der Waals surface area contributed by atoms with E-state index in [0.717, 1.165) is 6.42 Å². The molecule has 3 N–H and O–H groups in total. The van der Waals surface area contributed by atoms with Crippen molar-refractivity contribution in [3.05, 3.63) is 35.0 Å². The first-order chi connectivity index (χ1) is 6.72. The molecule has 0 saturated carbocycles. The van der Waals surface area contributed by atoms with Gasteiger partial charge in [0.25, 0.3) is 0 Å². The Bertz CT molecular complexity index is 455. The van der Waals surface area contributed by atoms with Crippen molar-refractivity contribution in [3.8, 4) is 0 Å². The van der Waals surface area contributed by atoms with Crippen molar-refractivity contribution < 1.29 is 0 Å². The Labute approximate surface area is 84.1 Å². The summed E-state index contributed by atoms with van der Waals surface area (Å²) in [6.45, 7) is 4.94. The van der Waals surface area contributed by atoms with Crippen molar-refractivity contribution in [1.82, 2.24) is 4.98 Å². The quantitative estimate of drug-likeness (QED) is 0.746. The molecular weight excluding hydrogens is 172 g/mol. The fourth-order valence-electron chi connectivity index (χ4n) is 1.96. The lowest BCUT2D eigenvalue weighted by atomic mass is 10.1. The maximum atomic E-state index is 5.60. The normalized spacial score (nSPS) is 11.1. The summed E-state index contributed by atoms with van der Waals surface area (Å²) in [5, 5.41) is 1.33. The topological polar surface area (TPSA) is 41.8 Å². The molecule has 1 heterocycles. The maximum absolute atomic E-state index is 5.60. The van der Waals surface area contributed by atoms with Crippen LogP contribution in [0.5, 0.6) is 0 Å². The van der Waals surface area contributed by atoms with Crippen LogP contribution in [0.15, 0.2) is 18.2 Å². The number of H-pyrrole nitrogens is 1. The summed E-state index contributed by atoms with van der Waals surface area (Å²) in [7, 11) is 0. The van der Waals surface area contributed by atoms with Gasteiger partial charge in [0, 0.05) is 16.6 Å². The van der Waals surface area contributed by atoms with Gasteiger partial charge in [-0.05, 0) is 44.5 Å². The van der Waals surface area contributed by atoms with Gasteiger partial charge in [-0.15, -0.1) is 0 Å². The fraction of sp³-hybridized carbons (Fsp3) is 0.333. The first kappa shape index (κ1) is 9.28. The summed E-state index contributed by atoms with van der Waals surface area (Å²) >= 11 is 0. The monoisotopic (exact) mass is 188 g/mol. The molecule has 1 aromatic carbocycles. The van der Waals surface area contributed by atoms with E-state index >= 15 is 0 Å². The van der Waals surface area contributed by atoms with Crippen LogP contribution in [0.25, 0.3) is 10.9 Å². The highest BCUT2D eigenvalue weighted by Gasteiger charge is 2.06. The molecule has 2 rings (SSSR count). The molecule has 0 bridgehead atoms. The SMILES string of the molecule is Cc1ccc2[nH]c(C)c(CCN)c2c1. The number of hydrogen-bond donors (Lipinski definition) is 2. The molecule has 0 atom stereocenters. The van der Waals surface area contributed by atoms with Crippen LogP contribution in [0, 0.1) is 13.8 Å². The number of aryl methyl sites for hydroxylation is 2. The maximum Gasteiger partial charge on any atom is 0.0459 e. The van der Waals surface area contributed by atoms with Crippen molar-refractivity contribution in [2.24, 2.45) is 5.73 Å². The second kappa shape index (κ2) is 3.46. The molecule has 2 aromatic rings. The van der Waals surface area contributed by atoms with E-state index in [4.69, 9.17) is 5.73 Å². The molecule has 1 aromatic heterocycles. The van der Waals surface area contributed by atoms with Crippen LogP contribution in [-0.4, -0.2) is 11.5 Å². The third-order valence-corrected chi connectivity index (χ3v) is 2.67. The minimum Gasteiger partial charge on any atom is -0.358 e. The van der Waals surface area contributed by atoms with Crippen LogP contribution in [0.1, 0.15) is 16.8 Å². The third kappa shape index (κ3) is 1.42. The standard InChI is InChI=1S/C12H16N2/c1-8-3-4-12-11(7-8)10(5-6-13)9(2)14-12/h3-4,7,14H,5-6,13H2,1-2H3. The molecule has 0 spiro atoms. The molecule has 0 amide bonds. The number of fused-ring (bicyclic) bond motifs is 1. The van der Waals surface area contributed by atoms with Gasteiger partial charge in [0.2, 0.25) is 0 Å². The van der Waals surface area contributed by atoms with Crippen LogP contribution in [0.4, 0.5) is 0 Å². The Hall–Kier alpha value is -1.28. The van der Waals surface area contributed by atoms with Gasteiger partial charge in [-0.3, -0.25) is 0 Å². The van der Waals surface area contributed by atoms with Gasteiger partial charge in [-0.2, -0.15) is 0 Å². The molecular formula is C12H16N2. The van der Waals surface area contributed by atoms with Crippen LogP contribution in [0.3, 0.4) is 0 Å². The highest BCUT2D eigenvalue weighted by atomic mass is 14.7. The van der Waals surface area contributed by atoms with Gasteiger partial charge < -0.3 is 10.7 Å². The van der Waals surface area contributed by atoms with Gasteiger partial charge in [0.05, 0.1) is 0 Å². The minimum atomic E-state index is 0.710. The van der Waals surface area contributed by atoms with Gasteiger partial charge in [-0.1, -0.05) is 11.6 Å². The number of rotatable bonds is 2. The van der Waals surface area contributed by atoms with E-state index in [1.165, 1.54) is 27.7 Å². The van der Waals surface area contributed by atoms with E-state index in [2.05, 4.69) is 37.0 Å². The molecule has 74 valence electrons. The molecule has 0 aliphatic heterocycles. The molecule has 0 aliphatic rings. The number of nitrogens with two attached hydrogens (primary N) is 1. The van der Waals surface area contributed by atoms with Crippen LogP contribution >= 0.6 is 0 Å². The molecule has 2 nitrogen and oxygen atoms in total. The largest absolute Gasteiger partial charge is 0.358 e. The number of hydrogen-bond acceptors (Lipinski definition) is 1. The molecule has 0 saturated heterocycles. The zero-order chi connectivity index (χ0) is 10.1. The fourth-order valence-corrected chi connectivity index (χ4v) is 1.96. The lowest BCUT2D eigenvalue weighted by Gasteiger charge is -1.98. The molecule has 2 heteroatoms. The van der Waals surface area contributed by atoms with E-state index in [1.807, 2.05) is 0 Å². The van der Waals surface area contributed by atoms with E-state index in [-0.39, 0.29) is 0 Å². The van der Waals surface area contributed by atoms with Crippen LogP contribution in [-0.2, 0) is 6.42 Å². The van der Waals surface area contributed by atoms with E-state index in [0.29, 0.717) is 6.54 Å². The van der Waals surface area contributed by atoms with Crippen molar-refractivity contribution in [1.29, 1.82) is 0 Å². The summed E-state index contributed by atoms with van der Waals surface area (Å²) in [5.41, 5.74) is 10.7. The number of aromatic amines is 1. The average Bonchev–Trinajstić information content (AvgIpc) is 2.45. The molecule has 0 radical (unpaired) electrons. The van der Waals surface area contributed by atoms with E-state index < -0.39 is 0 Å². The summed E-state index contributed by atoms with van der Waals surface area (Å²) in [6, 6.07) is 6.49. The van der Waals surface area contributed by atoms with Gasteiger partial charge in [0.15, 0.2) is 0 Å². The zero-order valence-electron chi connectivity index (χ0n) is 8.72. The summed E-state index contributed by atoms with van der Waals surface area (Å²) in [5.74, 6) is 0. The van der Waals surface area contributed by atoms with E-state index in [9.17, 15) is 0 Å². The predicted octanol–water partition coefficient (Wildman–Crippen LogP) is 2.29. The Morgan fingerprint density at radius 1 is 1.29 bits per heavy atom. The Morgan fingerprint density at radius 2 is 2.07 bits per heavy atom. The van der Waals surface area contributed by atoms with Gasteiger partial charge in [-0.25, -0.2) is 0 Å². The van der Waals surface area contributed by atoms with Crippen molar-refractivity contribution in [2.75, 3.05) is 6.54 Å². The molecule has 0 fully saturated rings. The lowest BCUT2D eigenvalue weighted by molar-refractivity contribution is 0.963. The number of aromatic nitrogens is 1. The van der Waals surface area contributed by atoms with Gasteiger partial charge >= 0.3 is 0 Å². The summed E-state index contributed by atoms with van der Waals surface area (Å²) in [6.07, 6.45) is 0.954. The Kier molecular flexibility index (Phi) is 2.30. The second-order valence-corrected chi connectivity index (χ2v) is 3.82. The highest BCUT2D eigenvalue weighted by Crippen LogP contribution is 2.23. The smallest absolute Gasteiger partial charge is 0.0459 e. The summed E-state index contributed by atoms with van der Waals surface area (Å²) in [4.78, 5) is 3.38. The highest BCUT2D eigenvalue weighted by molar-refractivity contribution is 5.85. The Morgan fingerprint density at radius 3 is 2.79 bits per heavy atom. The molecule has 14 heavy (non-hydrogen) atoms. The molecule has 0 unspecified atom stereocenters. The third-order valence-electron chi connectivity index (χ3n) is 2.67. The second-order valence-electron chi connectivity index (χ2n) is 3.82.